The maximum absolute atomic E-state index is 12.7. The normalized spacial score (nSPS) is 14.6. The molecule has 0 fully saturated rings. The van der Waals surface area contributed by atoms with Crippen LogP contribution in [0.5, 0.6) is 11.5 Å². The molecule has 1 aromatic rings. The SMILES string of the molecule is CCN(CC(=O)NC(C)C)CC(=O)N[C@@H](c1ccc2c(c1)OCCCO2)C(C)C. The second kappa shape index (κ2) is 11.0. The van der Waals surface area contributed by atoms with Gasteiger partial charge in [0.05, 0.1) is 32.3 Å². The number of amides is 2. The number of benzene rings is 1. The maximum atomic E-state index is 12.7. The fourth-order valence-corrected chi connectivity index (χ4v) is 3.28. The average molecular weight is 406 g/mol. The second-order valence-electron chi connectivity index (χ2n) is 8.07. The Morgan fingerprint density at radius 3 is 2.21 bits per heavy atom. The lowest BCUT2D eigenvalue weighted by molar-refractivity contribution is -0.125. The van der Waals surface area contributed by atoms with Crippen molar-refractivity contribution in [1.82, 2.24) is 15.5 Å². The van der Waals surface area contributed by atoms with E-state index in [2.05, 4.69) is 24.5 Å². The van der Waals surface area contributed by atoms with Crippen molar-refractivity contribution >= 4 is 11.8 Å². The van der Waals surface area contributed by atoms with Gasteiger partial charge in [-0.1, -0.05) is 26.8 Å². The lowest BCUT2D eigenvalue weighted by atomic mass is 9.95. The van der Waals surface area contributed by atoms with Gasteiger partial charge in [-0.25, -0.2) is 0 Å². The summed E-state index contributed by atoms with van der Waals surface area (Å²) in [5, 5.41) is 5.99. The highest BCUT2D eigenvalue weighted by molar-refractivity contribution is 5.81. The van der Waals surface area contributed by atoms with E-state index in [-0.39, 0.29) is 42.9 Å². The zero-order valence-corrected chi connectivity index (χ0v) is 18.3. The van der Waals surface area contributed by atoms with E-state index < -0.39 is 0 Å². The van der Waals surface area contributed by atoms with Crippen LogP contribution in [-0.2, 0) is 9.59 Å². The van der Waals surface area contributed by atoms with Gasteiger partial charge in [-0.2, -0.15) is 0 Å². The Balaban J connectivity index is 2.03. The molecule has 1 heterocycles. The lowest BCUT2D eigenvalue weighted by Gasteiger charge is -2.26. The van der Waals surface area contributed by atoms with Crippen LogP contribution in [0.15, 0.2) is 18.2 Å². The molecule has 7 nitrogen and oxygen atoms in total. The van der Waals surface area contributed by atoms with Crippen LogP contribution in [-0.4, -0.2) is 55.6 Å². The molecule has 0 radical (unpaired) electrons. The van der Waals surface area contributed by atoms with Crippen molar-refractivity contribution in [2.45, 2.75) is 53.1 Å². The molecule has 0 saturated heterocycles. The lowest BCUT2D eigenvalue weighted by Crippen LogP contribution is -2.45. The topological polar surface area (TPSA) is 79.9 Å². The number of carbonyl (C=O) groups excluding carboxylic acids is 2. The molecule has 162 valence electrons. The highest BCUT2D eigenvalue weighted by atomic mass is 16.5. The number of ether oxygens (including phenoxy) is 2. The molecule has 0 aliphatic carbocycles. The standard InChI is InChI=1S/C22H35N3O4/c1-6-25(13-20(26)23-16(4)5)14-21(27)24-22(15(2)3)17-8-9-18-19(12-17)29-11-7-10-28-18/h8-9,12,15-16,22H,6-7,10-11,13-14H2,1-5H3,(H,23,26)(H,24,27)/t22-/m1/s1. The summed E-state index contributed by atoms with van der Waals surface area (Å²) in [6.07, 6.45) is 0.853. The molecule has 0 saturated carbocycles. The van der Waals surface area contributed by atoms with Crippen molar-refractivity contribution in [1.29, 1.82) is 0 Å². The van der Waals surface area contributed by atoms with E-state index in [0.717, 1.165) is 23.5 Å². The van der Waals surface area contributed by atoms with Crippen LogP contribution in [0.4, 0.5) is 0 Å². The Labute approximate surface area is 174 Å². The summed E-state index contributed by atoms with van der Waals surface area (Å²) in [5.74, 6) is 1.49. The van der Waals surface area contributed by atoms with Gasteiger partial charge in [-0.15, -0.1) is 0 Å². The predicted octanol–water partition coefficient (Wildman–Crippen LogP) is 2.51. The molecule has 0 spiro atoms. The number of carbonyl (C=O) groups is 2. The monoisotopic (exact) mass is 405 g/mol. The minimum atomic E-state index is -0.150. The number of hydrogen-bond donors (Lipinski definition) is 2. The third-order valence-electron chi connectivity index (χ3n) is 4.75. The fourth-order valence-electron chi connectivity index (χ4n) is 3.28. The average Bonchev–Trinajstić information content (AvgIpc) is 2.89. The number of likely N-dealkylation sites (N-methyl/N-ethyl adjacent to an activating group) is 1. The highest BCUT2D eigenvalue weighted by Crippen LogP contribution is 2.34. The summed E-state index contributed by atoms with van der Waals surface area (Å²) >= 11 is 0. The van der Waals surface area contributed by atoms with Crippen LogP contribution in [0.2, 0.25) is 0 Å². The van der Waals surface area contributed by atoms with Crippen LogP contribution in [0.3, 0.4) is 0 Å². The van der Waals surface area contributed by atoms with Gasteiger partial charge in [0.1, 0.15) is 0 Å². The van der Waals surface area contributed by atoms with Crippen molar-refractivity contribution in [2.24, 2.45) is 5.92 Å². The van der Waals surface area contributed by atoms with Crippen LogP contribution in [0.25, 0.3) is 0 Å². The van der Waals surface area contributed by atoms with Gasteiger partial charge in [0, 0.05) is 12.5 Å². The first kappa shape index (κ1) is 23.0. The smallest absolute Gasteiger partial charge is 0.234 e. The molecule has 2 N–H and O–H groups in total. The van der Waals surface area contributed by atoms with E-state index in [9.17, 15) is 9.59 Å². The van der Waals surface area contributed by atoms with Crippen molar-refractivity contribution in [3.63, 3.8) is 0 Å². The molecule has 2 amide bonds. The third kappa shape index (κ3) is 7.24. The van der Waals surface area contributed by atoms with Crippen molar-refractivity contribution in [3.8, 4) is 11.5 Å². The summed E-state index contributed by atoms with van der Waals surface area (Å²) in [7, 11) is 0. The Hall–Kier alpha value is -2.28. The first-order valence-electron chi connectivity index (χ1n) is 10.5. The number of fused-ring (bicyclic) bond motifs is 1. The molecule has 29 heavy (non-hydrogen) atoms. The molecular formula is C22H35N3O4. The van der Waals surface area contributed by atoms with E-state index in [1.807, 2.05) is 43.9 Å². The van der Waals surface area contributed by atoms with Crippen molar-refractivity contribution in [2.75, 3.05) is 32.8 Å². The van der Waals surface area contributed by atoms with Crippen LogP contribution < -0.4 is 20.1 Å². The number of hydrogen-bond acceptors (Lipinski definition) is 5. The van der Waals surface area contributed by atoms with Gasteiger partial charge in [0.25, 0.3) is 0 Å². The second-order valence-corrected chi connectivity index (χ2v) is 8.07. The molecular weight excluding hydrogens is 370 g/mol. The van der Waals surface area contributed by atoms with E-state index >= 15 is 0 Å². The summed E-state index contributed by atoms with van der Waals surface area (Å²) in [6.45, 7) is 12.2. The Kier molecular flexibility index (Phi) is 8.76. The minimum Gasteiger partial charge on any atom is -0.490 e. The van der Waals surface area contributed by atoms with Gasteiger partial charge in [-0.3, -0.25) is 14.5 Å². The van der Waals surface area contributed by atoms with E-state index in [1.54, 1.807) is 0 Å². The van der Waals surface area contributed by atoms with Gasteiger partial charge in [-0.05, 0) is 44.0 Å². The van der Waals surface area contributed by atoms with E-state index in [4.69, 9.17) is 9.47 Å². The Bertz CT molecular complexity index is 691. The zero-order chi connectivity index (χ0) is 21.4. The molecule has 7 heteroatoms. The Morgan fingerprint density at radius 1 is 1.00 bits per heavy atom. The van der Waals surface area contributed by atoms with Crippen LogP contribution in [0, 0.1) is 5.92 Å². The molecule has 1 aliphatic heterocycles. The molecule has 2 rings (SSSR count). The van der Waals surface area contributed by atoms with Gasteiger partial charge < -0.3 is 20.1 Å². The number of nitrogens with zero attached hydrogens (tertiary/aromatic N) is 1. The minimum absolute atomic E-state index is 0.0713. The van der Waals surface area contributed by atoms with Crippen molar-refractivity contribution in [3.05, 3.63) is 23.8 Å². The molecule has 1 aliphatic rings. The first-order valence-corrected chi connectivity index (χ1v) is 10.5. The quantitative estimate of drug-likeness (QED) is 0.660. The van der Waals surface area contributed by atoms with Crippen LogP contribution >= 0.6 is 0 Å². The number of rotatable bonds is 9. The van der Waals surface area contributed by atoms with Gasteiger partial charge >= 0.3 is 0 Å². The largest absolute Gasteiger partial charge is 0.490 e. The number of nitrogens with one attached hydrogen (secondary N) is 2. The summed E-state index contributed by atoms with van der Waals surface area (Å²) in [4.78, 5) is 26.5. The molecule has 1 aromatic carbocycles. The molecule has 0 bridgehead atoms. The fraction of sp³-hybridized carbons (Fsp3) is 0.636. The summed E-state index contributed by atoms with van der Waals surface area (Å²) in [6, 6.07) is 5.78. The maximum Gasteiger partial charge on any atom is 0.234 e. The van der Waals surface area contributed by atoms with Crippen LogP contribution in [0.1, 0.15) is 52.6 Å². The predicted molar refractivity (Wildman–Crippen MR) is 113 cm³/mol. The van der Waals surface area contributed by atoms with E-state index in [0.29, 0.717) is 19.8 Å². The molecule has 0 aromatic heterocycles. The Morgan fingerprint density at radius 2 is 1.62 bits per heavy atom. The third-order valence-corrected chi connectivity index (χ3v) is 4.75. The summed E-state index contributed by atoms with van der Waals surface area (Å²) < 4.78 is 11.5. The zero-order valence-electron chi connectivity index (χ0n) is 18.3. The van der Waals surface area contributed by atoms with Gasteiger partial charge in [0.15, 0.2) is 11.5 Å². The molecule has 0 unspecified atom stereocenters. The summed E-state index contributed by atoms with van der Waals surface area (Å²) in [5.41, 5.74) is 0.984. The molecule has 1 atom stereocenters. The highest BCUT2D eigenvalue weighted by Gasteiger charge is 2.22. The van der Waals surface area contributed by atoms with Crippen molar-refractivity contribution < 1.29 is 19.1 Å². The van der Waals surface area contributed by atoms with E-state index in [1.165, 1.54) is 0 Å². The first-order chi connectivity index (χ1) is 13.8. The van der Waals surface area contributed by atoms with Gasteiger partial charge in [0.2, 0.25) is 11.8 Å².